The molecule has 0 radical (unpaired) electrons. The van der Waals surface area contributed by atoms with E-state index in [0.717, 1.165) is 17.7 Å². The minimum Gasteiger partial charge on any atom is -0.486 e. The second-order valence-corrected chi connectivity index (χ2v) is 7.61. The zero-order valence-corrected chi connectivity index (χ0v) is 18.5. The second-order valence-electron chi connectivity index (χ2n) is 7.61. The highest BCUT2D eigenvalue weighted by Crippen LogP contribution is 2.20. The van der Waals surface area contributed by atoms with Crippen LogP contribution in [-0.4, -0.2) is 16.6 Å². The van der Waals surface area contributed by atoms with Crippen molar-refractivity contribution in [1.29, 1.82) is 0 Å². The number of halogens is 3. The van der Waals surface area contributed by atoms with Gasteiger partial charge in [-0.1, -0.05) is 36.1 Å². The fraction of sp³-hybridized carbons (Fsp3) is 0.143. The fourth-order valence-electron chi connectivity index (χ4n) is 3.32. The average Bonchev–Trinajstić information content (AvgIpc) is 2.84. The number of ether oxygens (including phenoxy) is 1. The van der Waals surface area contributed by atoms with Crippen LogP contribution in [0.3, 0.4) is 0 Å². The molecule has 3 nitrogen and oxygen atoms in total. The Kier molecular flexibility index (Phi) is 7.24. The summed E-state index contributed by atoms with van der Waals surface area (Å²) >= 11 is 0. The zero-order chi connectivity index (χ0) is 23.9. The molecule has 0 aliphatic heterocycles. The summed E-state index contributed by atoms with van der Waals surface area (Å²) in [6, 6.07) is 12.2. The number of aryl methyl sites for hydroxylation is 2. The molecule has 0 aliphatic carbocycles. The van der Waals surface area contributed by atoms with Crippen molar-refractivity contribution in [3.05, 3.63) is 113 Å². The first-order valence-corrected chi connectivity index (χ1v) is 10.8. The van der Waals surface area contributed by atoms with E-state index in [1.165, 1.54) is 6.07 Å². The molecule has 4 rings (SSSR count). The summed E-state index contributed by atoms with van der Waals surface area (Å²) in [5.41, 5.74) is 1.65. The Labute approximate surface area is 196 Å². The summed E-state index contributed by atoms with van der Waals surface area (Å²) in [7, 11) is 0. The largest absolute Gasteiger partial charge is 0.486 e. The molecule has 34 heavy (non-hydrogen) atoms. The first kappa shape index (κ1) is 23.1. The van der Waals surface area contributed by atoms with Gasteiger partial charge in [0, 0.05) is 12.0 Å². The van der Waals surface area contributed by atoms with Crippen molar-refractivity contribution >= 4 is 10.8 Å². The summed E-state index contributed by atoms with van der Waals surface area (Å²) in [5, 5.41) is 1.10. The highest BCUT2D eigenvalue weighted by Gasteiger charge is 2.06. The van der Waals surface area contributed by atoms with Gasteiger partial charge in [0.15, 0.2) is 17.4 Å². The quantitative estimate of drug-likeness (QED) is 0.255. The van der Waals surface area contributed by atoms with Crippen LogP contribution in [0.1, 0.15) is 29.4 Å². The normalized spacial score (nSPS) is 10.9. The van der Waals surface area contributed by atoms with Gasteiger partial charge in [-0.2, -0.15) is 0 Å². The summed E-state index contributed by atoms with van der Waals surface area (Å²) in [4.78, 5) is 8.57. The van der Waals surface area contributed by atoms with Crippen LogP contribution in [0.2, 0.25) is 0 Å². The van der Waals surface area contributed by atoms with E-state index in [2.05, 4.69) is 21.8 Å². The van der Waals surface area contributed by atoms with E-state index in [0.29, 0.717) is 47.4 Å². The molecule has 0 spiro atoms. The van der Waals surface area contributed by atoms with Crippen molar-refractivity contribution in [3.8, 4) is 17.6 Å². The van der Waals surface area contributed by atoms with Crippen LogP contribution in [0.5, 0.6) is 5.75 Å². The van der Waals surface area contributed by atoms with Gasteiger partial charge in [0.2, 0.25) is 0 Å². The lowest BCUT2D eigenvalue weighted by molar-refractivity contribution is 0.359. The molecule has 3 aromatic carbocycles. The predicted octanol–water partition coefficient (Wildman–Crippen LogP) is 6.19. The first-order chi connectivity index (χ1) is 16.5. The SMILES string of the molecule is C/C=C/COc1cnc(CCc2ccc(C#Cc3ccc4cc(F)c(F)cc4c3)c(F)c2)nc1. The minimum atomic E-state index is -0.918. The molecule has 0 bridgehead atoms. The third-order valence-corrected chi connectivity index (χ3v) is 5.16. The topological polar surface area (TPSA) is 35.0 Å². The van der Waals surface area contributed by atoms with E-state index in [1.54, 1.807) is 36.7 Å². The van der Waals surface area contributed by atoms with Crippen molar-refractivity contribution in [3.63, 3.8) is 0 Å². The summed E-state index contributed by atoms with van der Waals surface area (Å²) < 4.78 is 46.9. The maximum atomic E-state index is 14.6. The van der Waals surface area contributed by atoms with Crippen LogP contribution >= 0.6 is 0 Å². The Balaban J connectivity index is 1.40. The molecule has 0 saturated carbocycles. The van der Waals surface area contributed by atoms with Crippen LogP contribution in [0.25, 0.3) is 10.8 Å². The number of aromatic nitrogens is 2. The number of benzene rings is 3. The maximum absolute atomic E-state index is 14.6. The molecule has 0 atom stereocenters. The molecule has 0 fully saturated rings. The average molecular weight is 458 g/mol. The number of rotatable bonds is 6. The molecule has 0 aliphatic rings. The van der Waals surface area contributed by atoms with Gasteiger partial charge in [0.05, 0.1) is 18.0 Å². The molecule has 170 valence electrons. The van der Waals surface area contributed by atoms with Gasteiger partial charge >= 0.3 is 0 Å². The Bertz CT molecular complexity index is 1400. The monoisotopic (exact) mass is 458 g/mol. The van der Waals surface area contributed by atoms with Gasteiger partial charge in [0.25, 0.3) is 0 Å². The van der Waals surface area contributed by atoms with Crippen molar-refractivity contribution in [2.24, 2.45) is 0 Å². The van der Waals surface area contributed by atoms with E-state index < -0.39 is 17.5 Å². The Morgan fingerprint density at radius 1 is 0.824 bits per heavy atom. The van der Waals surface area contributed by atoms with Crippen molar-refractivity contribution in [2.45, 2.75) is 19.8 Å². The van der Waals surface area contributed by atoms with Crippen LogP contribution in [0.4, 0.5) is 13.2 Å². The van der Waals surface area contributed by atoms with Crippen molar-refractivity contribution in [2.75, 3.05) is 6.61 Å². The Morgan fingerprint density at radius 3 is 2.32 bits per heavy atom. The standard InChI is InChI=1S/C28H21F3N2O/c1-2-3-12-34-24-17-32-28(33-18-24)11-7-20-5-9-21(25(29)14-20)8-4-19-6-10-22-15-26(30)27(31)16-23(22)13-19/h2-3,5-6,9-10,13-18H,7,11-12H2,1H3/b3-2+. The highest BCUT2D eigenvalue weighted by atomic mass is 19.2. The molecule has 0 unspecified atom stereocenters. The molecule has 0 saturated heterocycles. The lowest BCUT2D eigenvalue weighted by atomic mass is 10.0. The van der Waals surface area contributed by atoms with Crippen LogP contribution in [-0.2, 0) is 12.8 Å². The third-order valence-electron chi connectivity index (χ3n) is 5.16. The summed E-state index contributed by atoms with van der Waals surface area (Å²) in [6.07, 6.45) is 8.19. The van der Waals surface area contributed by atoms with E-state index in [-0.39, 0.29) is 5.56 Å². The molecule has 0 N–H and O–H groups in total. The Morgan fingerprint density at radius 2 is 1.59 bits per heavy atom. The van der Waals surface area contributed by atoms with Gasteiger partial charge in [-0.3, -0.25) is 0 Å². The van der Waals surface area contributed by atoms with Gasteiger partial charge < -0.3 is 4.74 Å². The zero-order valence-electron chi connectivity index (χ0n) is 18.5. The minimum absolute atomic E-state index is 0.257. The van der Waals surface area contributed by atoms with Crippen LogP contribution < -0.4 is 4.74 Å². The van der Waals surface area contributed by atoms with Crippen molar-refractivity contribution < 1.29 is 17.9 Å². The maximum Gasteiger partial charge on any atom is 0.159 e. The molecule has 6 heteroatoms. The number of allylic oxidation sites excluding steroid dienone is 1. The third kappa shape index (κ3) is 5.81. The Hall–Kier alpha value is -4.11. The van der Waals surface area contributed by atoms with Crippen LogP contribution in [0.15, 0.2) is 73.1 Å². The number of fused-ring (bicyclic) bond motifs is 1. The summed E-state index contributed by atoms with van der Waals surface area (Å²) in [5.74, 6) is 4.70. The van der Waals surface area contributed by atoms with E-state index in [9.17, 15) is 13.2 Å². The van der Waals surface area contributed by atoms with E-state index in [1.807, 2.05) is 25.1 Å². The van der Waals surface area contributed by atoms with E-state index >= 15 is 0 Å². The molecule has 1 aromatic heterocycles. The van der Waals surface area contributed by atoms with Crippen molar-refractivity contribution in [1.82, 2.24) is 9.97 Å². The lowest BCUT2D eigenvalue weighted by Crippen LogP contribution is -2.00. The second kappa shape index (κ2) is 10.7. The van der Waals surface area contributed by atoms with Gasteiger partial charge in [0.1, 0.15) is 18.2 Å². The van der Waals surface area contributed by atoms with Gasteiger partial charge in [-0.25, -0.2) is 23.1 Å². The highest BCUT2D eigenvalue weighted by molar-refractivity contribution is 5.84. The van der Waals surface area contributed by atoms with E-state index in [4.69, 9.17) is 4.74 Å². The van der Waals surface area contributed by atoms with Crippen LogP contribution in [0, 0.1) is 29.3 Å². The van der Waals surface area contributed by atoms with Gasteiger partial charge in [-0.05, 0) is 66.1 Å². The molecule has 0 amide bonds. The molecule has 1 heterocycles. The molecule has 4 aromatic rings. The molecular formula is C28H21F3N2O. The summed E-state index contributed by atoms with van der Waals surface area (Å²) in [6.45, 7) is 2.39. The predicted molar refractivity (Wildman–Crippen MR) is 126 cm³/mol. The lowest BCUT2D eigenvalue weighted by Gasteiger charge is -2.05. The van der Waals surface area contributed by atoms with Gasteiger partial charge in [-0.15, -0.1) is 0 Å². The first-order valence-electron chi connectivity index (χ1n) is 10.8. The number of hydrogen-bond acceptors (Lipinski definition) is 3. The smallest absolute Gasteiger partial charge is 0.159 e. The number of hydrogen-bond donors (Lipinski definition) is 0. The fourth-order valence-corrected chi connectivity index (χ4v) is 3.32. The number of nitrogens with zero attached hydrogens (tertiary/aromatic N) is 2. The molecular weight excluding hydrogens is 437 g/mol.